The molecule has 1 aromatic carbocycles. The fourth-order valence-electron chi connectivity index (χ4n) is 4.56. The molecule has 3 aromatic rings. The van der Waals surface area contributed by atoms with Crippen LogP contribution in [0.3, 0.4) is 0 Å². The van der Waals surface area contributed by atoms with Crippen LogP contribution in [0.15, 0.2) is 30.6 Å². The number of aromatic nitrogens is 2. The van der Waals surface area contributed by atoms with Crippen LogP contribution in [0, 0.1) is 6.92 Å². The summed E-state index contributed by atoms with van der Waals surface area (Å²) in [6.07, 6.45) is 3.76. The van der Waals surface area contributed by atoms with Crippen molar-refractivity contribution < 1.29 is 28.3 Å². The predicted octanol–water partition coefficient (Wildman–Crippen LogP) is 6.37. The first-order valence-electron chi connectivity index (χ1n) is 12.5. The van der Waals surface area contributed by atoms with Crippen molar-refractivity contribution in [3.63, 3.8) is 0 Å². The molecule has 2 atom stereocenters. The van der Waals surface area contributed by atoms with E-state index < -0.39 is 11.6 Å². The Morgan fingerprint density at radius 3 is 2.61 bits per heavy atom. The lowest BCUT2D eigenvalue weighted by Crippen LogP contribution is -2.44. The number of para-hydroxylation sites is 2. The van der Waals surface area contributed by atoms with Crippen molar-refractivity contribution in [1.82, 2.24) is 14.9 Å². The van der Waals surface area contributed by atoms with Gasteiger partial charge >= 0.3 is 12.1 Å². The number of fused-ring (bicyclic) bond motifs is 1. The normalized spacial score (nSPS) is 17.7. The standard InChI is InChI=1S/C27H33FN4O5S/c1-16-21-23(29-15-30-24(21)38-22(16)25(33)35-6)32(28)19-12-7-8-13-20(19)36-18-11-9-10-17(14-18)31(5)26(34)37-27(2,3)4/h7-8,12-13,15,17-18H,9-11,14H2,1-6H3. The first-order valence-corrected chi connectivity index (χ1v) is 13.3. The summed E-state index contributed by atoms with van der Waals surface area (Å²) >= 11 is 1.13. The van der Waals surface area contributed by atoms with E-state index >= 15 is 4.48 Å². The Morgan fingerprint density at radius 2 is 1.89 bits per heavy atom. The van der Waals surface area contributed by atoms with Gasteiger partial charge in [-0.1, -0.05) is 16.6 Å². The average molecular weight is 545 g/mol. The van der Waals surface area contributed by atoms with E-state index in [9.17, 15) is 9.59 Å². The second-order valence-corrected chi connectivity index (χ2v) is 11.3. The third-order valence-corrected chi connectivity index (χ3v) is 7.64. The van der Waals surface area contributed by atoms with Crippen molar-refractivity contribution in [2.45, 2.75) is 71.1 Å². The Hall–Kier alpha value is -3.47. The molecule has 2 unspecified atom stereocenters. The highest BCUT2D eigenvalue weighted by molar-refractivity contribution is 7.20. The number of hydrogen-bond acceptors (Lipinski definition) is 9. The molecule has 204 valence electrons. The first-order chi connectivity index (χ1) is 18.0. The zero-order valence-electron chi connectivity index (χ0n) is 22.5. The van der Waals surface area contributed by atoms with E-state index in [4.69, 9.17) is 14.2 Å². The number of ether oxygens (including phenoxy) is 3. The number of hydrogen-bond donors (Lipinski definition) is 0. The van der Waals surface area contributed by atoms with Crippen molar-refractivity contribution in [3.05, 3.63) is 41.0 Å². The molecule has 1 aliphatic carbocycles. The number of halogens is 1. The highest BCUT2D eigenvalue weighted by atomic mass is 32.1. The predicted molar refractivity (Wildman–Crippen MR) is 144 cm³/mol. The Balaban J connectivity index is 1.57. The zero-order chi connectivity index (χ0) is 27.6. The third-order valence-electron chi connectivity index (χ3n) is 6.46. The number of rotatable bonds is 6. The van der Waals surface area contributed by atoms with Crippen LogP contribution in [0.2, 0.25) is 0 Å². The molecule has 0 N–H and O–H groups in total. The summed E-state index contributed by atoms with van der Waals surface area (Å²) in [5.41, 5.74) is 0.152. The van der Waals surface area contributed by atoms with Gasteiger partial charge in [-0.15, -0.1) is 11.3 Å². The summed E-state index contributed by atoms with van der Waals surface area (Å²) < 4.78 is 32.7. The largest absolute Gasteiger partial charge is 0.488 e. The van der Waals surface area contributed by atoms with Crippen molar-refractivity contribution >= 4 is 45.1 Å². The van der Waals surface area contributed by atoms with Crippen molar-refractivity contribution in [2.24, 2.45) is 0 Å². The summed E-state index contributed by atoms with van der Waals surface area (Å²) in [5.74, 6) is -0.136. The highest BCUT2D eigenvalue weighted by Crippen LogP contribution is 2.41. The highest BCUT2D eigenvalue weighted by Gasteiger charge is 2.32. The maximum absolute atomic E-state index is 16.0. The summed E-state index contributed by atoms with van der Waals surface area (Å²) in [7, 11) is 3.04. The number of aryl methyl sites for hydroxylation is 1. The number of carbonyl (C=O) groups is 2. The number of esters is 1. The van der Waals surface area contributed by atoms with Crippen molar-refractivity contribution in [2.75, 3.05) is 19.3 Å². The lowest BCUT2D eigenvalue weighted by atomic mass is 9.92. The lowest BCUT2D eigenvalue weighted by molar-refractivity contribution is 0.0117. The van der Waals surface area contributed by atoms with Crippen molar-refractivity contribution in [1.29, 1.82) is 0 Å². The topological polar surface area (TPSA) is 94.1 Å². The molecule has 0 spiro atoms. The molecule has 1 saturated carbocycles. The first kappa shape index (κ1) is 27.6. The maximum atomic E-state index is 16.0. The minimum atomic E-state index is -0.579. The molecule has 9 nitrogen and oxygen atoms in total. The summed E-state index contributed by atoms with van der Waals surface area (Å²) in [6, 6.07) is 6.76. The van der Waals surface area contributed by atoms with E-state index in [-0.39, 0.29) is 29.7 Å². The van der Waals surface area contributed by atoms with E-state index in [1.54, 1.807) is 43.1 Å². The summed E-state index contributed by atoms with van der Waals surface area (Å²) in [4.78, 5) is 35.7. The zero-order valence-corrected chi connectivity index (χ0v) is 23.3. The molecular formula is C27H33FN4O5S. The summed E-state index contributed by atoms with van der Waals surface area (Å²) in [6.45, 7) is 7.23. The molecule has 1 amide bonds. The second kappa shape index (κ2) is 11.1. The quantitative estimate of drug-likeness (QED) is 0.261. The smallest absolute Gasteiger partial charge is 0.410 e. The van der Waals surface area contributed by atoms with Crippen molar-refractivity contribution in [3.8, 4) is 5.75 Å². The van der Waals surface area contributed by atoms with E-state index in [1.807, 2.05) is 20.8 Å². The van der Waals surface area contributed by atoms with Gasteiger partial charge in [0.15, 0.2) is 5.82 Å². The Labute approximate surface area is 225 Å². The number of methoxy groups -OCH3 is 1. The minimum Gasteiger partial charge on any atom is -0.488 e. The van der Waals surface area contributed by atoms with Gasteiger partial charge in [-0.25, -0.2) is 19.6 Å². The SMILES string of the molecule is COC(=O)c1sc2ncnc(N(F)c3ccccc3OC3CCCC(N(C)C(=O)OC(C)(C)C)C3)c2c1C. The number of thiophene rings is 1. The Bertz CT molecular complexity index is 1320. The molecule has 0 saturated heterocycles. The van der Waals surface area contributed by atoms with E-state index in [2.05, 4.69) is 9.97 Å². The molecule has 0 aliphatic heterocycles. The Kier molecular flexibility index (Phi) is 8.05. The second-order valence-electron chi connectivity index (χ2n) is 10.3. The van der Waals surface area contributed by atoms with Gasteiger partial charge in [-0.3, -0.25) is 0 Å². The van der Waals surface area contributed by atoms with Gasteiger partial charge in [0.2, 0.25) is 0 Å². The van der Waals surface area contributed by atoms with Gasteiger partial charge < -0.3 is 19.1 Å². The van der Waals surface area contributed by atoms with Crippen LogP contribution in [-0.2, 0) is 9.47 Å². The van der Waals surface area contributed by atoms with Crippen LogP contribution in [0.1, 0.15) is 61.7 Å². The van der Waals surface area contributed by atoms with Crippen LogP contribution in [-0.4, -0.2) is 58.8 Å². The van der Waals surface area contributed by atoms with E-state index in [0.29, 0.717) is 37.9 Å². The molecule has 11 heteroatoms. The van der Waals surface area contributed by atoms with Gasteiger partial charge in [-0.2, -0.15) is 5.12 Å². The molecule has 2 aromatic heterocycles. The monoisotopic (exact) mass is 544 g/mol. The van der Waals surface area contributed by atoms with Crippen LogP contribution in [0.25, 0.3) is 10.2 Å². The third kappa shape index (κ3) is 5.82. The molecule has 2 heterocycles. The fourth-order valence-corrected chi connectivity index (χ4v) is 5.63. The molecular weight excluding hydrogens is 511 g/mol. The molecule has 4 rings (SSSR count). The van der Waals surface area contributed by atoms with Gasteiger partial charge in [0.1, 0.15) is 39.2 Å². The maximum Gasteiger partial charge on any atom is 0.410 e. The van der Waals surface area contributed by atoms with Gasteiger partial charge in [0.05, 0.1) is 12.5 Å². The molecule has 0 radical (unpaired) electrons. The average Bonchev–Trinajstić information content (AvgIpc) is 3.23. The fraction of sp³-hybridized carbons (Fsp3) is 0.481. The van der Waals surface area contributed by atoms with Crippen LogP contribution in [0.4, 0.5) is 20.8 Å². The lowest BCUT2D eigenvalue weighted by Gasteiger charge is -2.36. The number of carbonyl (C=O) groups excluding carboxylic acids is 2. The van der Waals surface area contributed by atoms with Crippen LogP contribution >= 0.6 is 11.3 Å². The molecule has 1 aliphatic rings. The van der Waals surface area contributed by atoms with Gasteiger partial charge in [0.25, 0.3) is 0 Å². The molecule has 0 bridgehead atoms. The number of anilines is 2. The van der Waals surface area contributed by atoms with Gasteiger partial charge in [-0.05, 0) is 64.7 Å². The van der Waals surface area contributed by atoms with E-state index in [1.165, 1.54) is 13.4 Å². The number of benzene rings is 1. The van der Waals surface area contributed by atoms with Crippen LogP contribution < -0.4 is 9.86 Å². The van der Waals surface area contributed by atoms with Crippen LogP contribution in [0.5, 0.6) is 5.75 Å². The molecule has 1 fully saturated rings. The number of amides is 1. The summed E-state index contributed by atoms with van der Waals surface area (Å²) in [5, 5.41) is 0.902. The Morgan fingerprint density at radius 1 is 1.16 bits per heavy atom. The number of nitrogens with zero attached hydrogens (tertiary/aromatic N) is 4. The molecule has 38 heavy (non-hydrogen) atoms. The van der Waals surface area contributed by atoms with E-state index in [0.717, 1.165) is 30.6 Å². The minimum absolute atomic E-state index is 0.0149. The van der Waals surface area contributed by atoms with Gasteiger partial charge in [0, 0.05) is 19.5 Å².